The minimum atomic E-state index is 0.284. The second kappa shape index (κ2) is 4.11. The molecule has 1 saturated heterocycles. The fraction of sp³-hybridized carbons (Fsp3) is 0.200. The number of hydrogen-bond acceptors (Lipinski definition) is 1. The van der Waals surface area contributed by atoms with E-state index in [1.165, 1.54) is 11.1 Å². The van der Waals surface area contributed by atoms with E-state index in [-0.39, 0.29) is 12.2 Å². The van der Waals surface area contributed by atoms with Gasteiger partial charge in [-0.3, -0.25) is 0 Å². The summed E-state index contributed by atoms with van der Waals surface area (Å²) in [6, 6.07) is 20.9. The van der Waals surface area contributed by atoms with Crippen LogP contribution in [-0.4, -0.2) is 0 Å². The maximum Gasteiger partial charge on any atom is 0.0861 e. The molecule has 1 heterocycles. The first kappa shape index (κ1) is 9.61. The lowest BCUT2D eigenvalue weighted by Gasteiger charge is -2.36. The van der Waals surface area contributed by atoms with Gasteiger partial charge in [-0.1, -0.05) is 60.7 Å². The van der Waals surface area contributed by atoms with Gasteiger partial charge in [0.15, 0.2) is 0 Å². The van der Waals surface area contributed by atoms with Crippen molar-refractivity contribution in [1.29, 1.82) is 0 Å². The lowest BCUT2D eigenvalue weighted by Crippen LogP contribution is -2.23. The second-order valence-corrected chi connectivity index (χ2v) is 4.17. The molecule has 2 aromatic rings. The molecule has 1 aliphatic heterocycles. The molecule has 0 N–H and O–H groups in total. The summed E-state index contributed by atoms with van der Waals surface area (Å²) in [7, 11) is 0. The summed E-state index contributed by atoms with van der Waals surface area (Å²) >= 11 is 0. The Morgan fingerprint density at radius 3 is 1.44 bits per heavy atom. The minimum Gasteiger partial charge on any atom is -0.365 e. The lowest BCUT2D eigenvalue weighted by atomic mass is 9.93. The van der Waals surface area contributed by atoms with E-state index in [9.17, 15) is 0 Å². The zero-order valence-electron chi connectivity index (χ0n) is 9.04. The van der Waals surface area contributed by atoms with Crippen LogP contribution in [-0.2, 0) is 4.74 Å². The molecule has 80 valence electrons. The van der Waals surface area contributed by atoms with Gasteiger partial charge in [-0.05, 0) is 11.1 Å². The molecule has 1 aliphatic rings. The molecule has 0 spiro atoms. The second-order valence-electron chi connectivity index (χ2n) is 4.17. The van der Waals surface area contributed by atoms with Gasteiger partial charge >= 0.3 is 0 Å². The molecule has 1 nitrogen and oxygen atoms in total. The van der Waals surface area contributed by atoms with Crippen molar-refractivity contribution in [2.75, 3.05) is 0 Å². The van der Waals surface area contributed by atoms with Crippen molar-refractivity contribution in [3.63, 3.8) is 0 Å². The molecular weight excluding hydrogens is 196 g/mol. The van der Waals surface area contributed by atoms with Gasteiger partial charge in [0.2, 0.25) is 0 Å². The fourth-order valence-electron chi connectivity index (χ4n) is 2.15. The molecule has 1 fully saturated rings. The van der Waals surface area contributed by atoms with Crippen molar-refractivity contribution in [2.45, 2.75) is 18.6 Å². The van der Waals surface area contributed by atoms with E-state index >= 15 is 0 Å². The lowest BCUT2D eigenvalue weighted by molar-refractivity contribution is -0.130. The maximum atomic E-state index is 5.91. The summed E-state index contributed by atoms with van der Waals surface area (Å²) in [4.78, 5) is 0. The van der Waals surface area contributed by atoms with E-state index in [4.69, 9.17) is 4.74 Å². The molecule has 0 bridgehead atoms. The van der Waals surface area contributed by atoms with Gasteiger partial charge in [-0.25, -0.2) is 0 Å². The summed E-state index contributed by atoms with van der Waals surface area (Å²) in [5.74, 6) is 0. The normalized spacial score (nSPS) is 23.8. The van der Waals surface area contributed by atoms with E-state index < -0.39 is 0 Å². The van der Waals surface area contributed by atoms with Crippen LogP contribution in [0.25, 0.3) is 0 Å². The third-order valence-electron chi connectivity index (χ3n) is 3.10. The van der Waals surface area contributed by atoms with Crippen LogP contribution in [0.4, 0.5) is 0 Å². The van der Waals surface area contributed by atoms with Gasteiger partial charge in [0.05, 0.1) is 12.2 Å². The SMILES string of the molecule is c1ccc(C2CC(c3ccccc3)O2)cc1. The van der Waals surface area contributed by atoms with Crippen molar-refractivity contribution in [3.8, 4) is 0 Å². The van der Waals surface area contributed by atoms with Crippen LogP contribution >= 0.6 is 0 Å². The van der Waals surface area contributed by atoms with E-state index in [1.807, 2.05) is 12.1 Å². The number of hydrogen-bond donors (Lipinski definition) is 0. The molecule has 0 amide bonds. The fourth-order valence-corrected chi connectivity index (χ4v) is 2.15. The molecule has 1 heteroatoms. The first-order valence-electron chi connectivity index (χ1n) is 5.69. The van der Waals surface area contributed by atoms with Crippen LogP contribution in [0.5, 0.6) is 0 Å². The molecule has 16 heavy (non-hydrogen) atoms. The van der Waals surface area contributed by atoms with Crippen LogP contribution < -0.4 is 0 Å². The van der Waals surface area contributed by atoms with Gasteiger partial charge in [0, 0.05) is 6.42 Å². The molecule has 2 aromatic carbocycles. The van der Waals surface area contributed by atoms with Crippen LogP contribution in [0.3, 0.4) is 0 Å². The largest absolute Gasteiger partial charge is 0.365 e. The summed E-state index contributed by atoms with van der Waals surface area (Å²) in [6.07, 6.45) is 1.66. The molecular formula is C15H14O. The van der Waals surface area contributed by atoms with Gasteiger partial charge in [0.1, 0.15) is 0 Å². The standard InChI is InChI=1S/C15H14O/c1-3-7-12(8-4-1)14-11-15(16-14)13-9-5-2-6-10-13/h1-10,14-15H,11H2. The molecule has 3 rings (SSSR count). The molecule has 2 atom stereocenters. The number of ether oxygens (including phenoxy) is 1. The first-order valence-corrected chi connectivity index (χ1v) is 5.69. The third-order valence-corrected chi connectivity index (χ3v) is 3.10. The summed E-state index contributed by atoms with van der Waals surface area (Å²) in [6.45, 7) is 0. The predicted molar refractivity (Wildman–Crippen MR) is 64.1 cm³/mol. The highest BCUT2D eigenvalue weighted by atomic mass is 16.5. The predicted octanol–water partition coefficient (Wildman–Crippen LogP) is 3.89. The van der Waals surface area contributed by atoms with Crippen LogP contribution in [0.15, 0.2) is 60.7 Å². The Bertz CT molecular complexity index is 400. The average molecular weight is 210 g/mol. The Kier molecular flexibility index (Phi) is 2.47. The van der Waals surface area contributed by atoms with Crippen LogP contribution in [0, 0.1) is 0 Å². The minimum absolute atomic E-state index is 0.284. The highest BCUT2D eigenvalue weighted by Gasteiger charge is 2.31. The Labute approximate surface area is 95.7 Å². The summed E-state index contributed by atoms with van der Waals surface area (Å²) in [5.41, 5.74) is 2.57. The zero-order valence-corrected chi connectivity index (χ0v) is 9.04. The van der Waals surface area contributed by atoms with Crippen molar-refractivity contribution in [1.82, 2.24) is 0 Å². The molecule has 0 saturated carbocycles. The third kappa shape index (κ3) is 1.74. The van der Waals surface area contributed by atoms with Crippen LogP contribution in [0.1, 0.15) is 29.8 Å². The quantitative estimate of drug-likeness (QED) is 0.730. The van der Waals surface area contributed by atoms with Gasteiger partial charge in [-0.15, -0.1) is 0 Å². The Hall–Kier alpha value is -1.60. The van der Waals surface area contributed by atoms with Gasteiger partial charge < -0.3 is 4.74 Å². The van der Waals surface area contributed by atoms with E-state index in [1.54, 1.807) is 0 Å². The number of benzene rings is 2. The highest BCUT2D eigenvalue weighted by molar-refractivity contribution is 5.24. The Morgan fingerprint density at radius 1 is 0.688 bits per heavy atom. The van der Waals surface area contributed by atoms with Gasteiger partial charge in [0.25, 0.3) is 0 Å². The smallest absolute Gasteiger partial charge is 0.0861 e. The molecule has 0 radical (unpaired) electrons. The topological polar surface area (TPSA) is 9.23 Å². The summed E-state index contributed by atoms with van der Waals surface area (Å²) < 4.78 is 5.91. The molecule has 0 aliphatic carbocycles. The zero-order chi connectivity index (χ0) is 10.8. The van der Waals surface area contributed by atoms with E-state index in [2.05, 4.69) is 48.5 Å². The van der Waals surface area contributed by atoms with E-state index in [0.717, 1.165) is 6.42 Å². The first-order chi connectivity index (χ1) is 7.93. The van der Waals surface area contributed by atoms with Crippen molar-refractivity contribution >= 4 is 0 Å². The van der Waals surface area contributed by atoms with Gasteiger partial charge in [-0.2, -0.15) is 0 Å². The Morgan fingerprint density at radius 2 is 1.06 bits per heavy atom. The van der Waals surface area contributed by atoms with Crippen molar-refractivity contribution in [2.24, 2.45) is 0 Å². The average Bonchev–Trinajstić information content (AvgIpc) is 2.30. The summed E-state index contributed by atoms with van der Waals surface area (Å²) in [5, 5.41) is 0. The maximum absolute atomic E-state index is 5.91. The number of rotatable bonds is 2. The van der Waals surface area contributed by atoms with Crippen LogP contribution in [0.2, 0.25) is 0 Å². The van der Waals surface area contributed by atoms with Crippen molar-refractivity contribution < 1.29 is 4.74 Å². The Balaban J connectivity index is 1.68. The monoisotopic (exact) mass is 210 g/mol. The van der Waals surface area contributed by atoms with E-state index in [0.29, 0.717) is 0 Å². The van der Waals surface area contributed by atoms with Crippen molar-refractivity contribution in [3.05, 3.63) is 71.8 Å². The highest BCUT2D eigenvalue weighted by Crippen LogP contribution is 2.44. The molecule has 2 unspecified atom stereocenters. The molecule has 0 aromatic heterocycles.